The summed E-state index contributed by atoms with van der Waals surface area (Å²) in [6, 6.07) is 12.6. The molecule has 10 nitrogen and oxygen atoms in total. The van der Waals surface area contributed by atoms with E-state index in [1.807, 2.05) is 19.9 Å². The van der Waals surface area contributed by atoms with E-state index in [4.69, 9.17) is 15.2 Å². The standard InChI is InChI=1S/C24H29FN4O6/c1-16(2)14-20(27-23(32)34-15-17-6-4-3-5-7-17)22(31)28-29(13-12-21(26)30)24(33)35-19-10-8-18(25)9-11-19/h3-11,16,20H,12-15H2,1-2H3,(H2,26,30)(H,27,32)(H,28,31)/t20-/m0/s1. The van der Waals surface area contributed by atoms with Crippen molar-refractivity contribution in [3.63, 3.8) is 0 Å². The van der Waals surface area contributed by atoms with Crippen LogP contribution in [-0.4, -0.2) is 41.6 Å². The maximum atomic E-state index is 13.1. The van der Waals surface area contributed by atoms with Crippen LogP contribution in [0.4, 0.5) is 14.0 Å². The van der Waals surface area contributed by atoms with Crippen LogP contribution in [0.1, 0.15) is 32.3 Å². The van der Waals surface area contributed by atoms with Gasteiger partial charge in [0.2, 0.25) is 5.91 Å². The molecule has 2 aromatic rings. The van der Waals surface area contributed by atoms with Crippen molar-refractivity contribution in [2.75, 3.05) is 6.54 Å². The first-order chi connectivity index (χ1) is 16.6. The summed E-state index contributed by atoms with van der Waals surface area (Å²) in [5.74, 6) is -1.93. The Labute approximate surface area is 202 Å². The second-order valence-electron chi connectivity index (χ2n) is 8.05. The Kier molecular flexibility index (Phi) is 10.5. The SMILES string of the molecule is CC(C)C[C@H](NC(=O)OCc1ccccc1)C(=O)NN(CCC(N)=O)C(=O)Oc1ccc(F)cc1. The highest BCUT2D eigenvalue weighted by molar-refractivity contribution is 5.87. The number of nitrogens with one attached hydrogen (secondary N) is 2. The molecule has 11 heteroatoms. The smallest absolute Gasteiger partial charge is 0.434 e. The lowest BCUT2D eigenvalue weighted by molar-refractivity contribution is -0.128. The van der Waals surface area contributed by atoms with Crippen molar-refractivity contribution in [1.29, 1.82) is 0 Å². The van der Waals surface area contributed by atoms with E-state index in [2.05, 4.69) is 10.7 Å². The molecule has 35 heavy (non-hydrogen) atoms. The molecule has 188 valence electrons. The van der Waals surface area contributed by atoms with Crippen molar-refractivity contribution < 1.29 is 33.0 Å². The first-order valence-corrected chi connectivity index (χ1v) is 10.9. The summed E-state index contributed by atoms with van der Waals surface area (Å²) in [6.07, 6.45) is -1.86. The number of hydrogen-bond donors (Lipinski definition) is 3. The number of hydrogen-bond acceptors (Lipinski definition) is 6. The molecular formula is C24H29FN4O6. The van der Waals surface area contributed by atoms with Gasteiger partial charge in [0.1, 0.15) is 24.2 Å². The van der Waals surface area contributed by atoms with Crippen LogP contribution in [0.2, 0.25) is 0 Å². The number of hydrazine groups is 1. The van der Waals surface area contributed by atoms with Crippen LogP contribution < -0.4 is 21.2 Å². The molecule has 4 N–H and O–H groups in total. The van der Waals surface area contributed by atoms with Gasteiger partial charge in [-0.05, 0) is 42.2 Å². The average Bonchev–Trinajstić information content (AvgIpc) is 2.81. The fourth-order valence-corrected chi connectivity index (χ4v) is 2.89. The number of benzene rings is 2. The second-order valence-corrected chi connectivity index (χ2v) is 8.05. The van der Waals surface area contributed by atoms with E-state index in [9.17, 15) is 23.6 Å². The number of amides is 4. The van der Waals surface area contributed by atoms with Gasteiger partial charge in [0.05, 0.1) is 6.54 Å². The minimum Gasteiger partial charge on any atom is -0.445 e. The number of rotatable bonds is 10. The van der Waals surface area contributed by atoms with E-state index < -0.39 is 35.9 Å². The van der Waals surface area contributed by atoms with Crippen LogP contribution in [0.5, 0.6) is 5.75 Å². The molecular weight excluding hydrogens is 459 g/mol. The number of halogens is 1. The summed E-state index contributed by atoms with van der Waals surface area (Å²) >= 11 is 0. The van der Waals surface area contributed by atoms with Gasteiger partial charge in [-0.2, -0.15) is 0 Å². The maximum absolute atomic E-state index is 13.1. The molecule has 0 aliphatic carbocycles. The van der Waals surface area contributed by atoms with E-state index in [0.29, 0.717) is 0 Å². The topological polar surface area (TPSA) is 140 Å². The van der Waals surface area contributed by atoms with Crippen LogP contribution in [0.15, 0.2) is 54.6 Å². The Morgan fingerprint density at radius 3 is 2.29 bits per heavy atom. The Bertz CT molecular complexity index is 1000. The molecule has 0 fully saturated rings. The van der Waals surface area contributed by atoms with Crippen LogP contribution in [0.25, 0.3) is 0 Å². The van der Waals surface area contributed by atoms with E-state index in [-0.39, 0.29) is 37.7 Å². The predicted molar refractivity (Wildman–Crippen MR) is 124 cm³/mol. The van der Waals surface area contributed by atoms with E-state index in [1.54, 1.807) is 24.3 Å². The minimum absolute atomic E-state index is 0.00501. The zero-order valence-corrected chi connectivity index (χ0v) is 19.5. The molecule has 1 atom stereocenters. The highest BCUT2D eigenvalue weighted by atomic mass is 19.1. The molecule has 4 amide bonds. The maximum Gasteiger partial charge on any atom is 0.434 e. The van der Waals surface area contributed by atoms with Crippen molar-refractivity contribution in [2.24, 2.45) is 11.7 Å². The lowest BCUT2D eigenvalue weighted by Crippen LogP contribution is -2.55. The lowest BCUT2D eigenvalue weighted by atomic mass is 10.0. The fraction of sp³-hybridized carbons (Fsp3) is 0.333. The van der Waals surface area contributed by atoms with Crippen molar-refractivity contribution in [3.05, 3.63) is 66.0 Å². The van der Waals surface area contributed by atoms with Gasteiger partial charge in [0.15, 0.2) is 0 Å². The second kappa shape index (κ2) is 13.5. The largest absolute Gasteiger partial charge is 0.445 e. The number of nitrogens with zero attached hydrogens (tertiary/aromatic N) is 1. The van der Waals surface area contributed by atoms with E-state index in [1.165, 1.54) is 12.1 Å². The van der Waals surface area contributed by atoms with E-state index in [0.717, 1.165) is 22.7 Å². The number of carbonyl (C=O) groups excluding carboxylic acids is 4. The predicted octanol–water partition coefficient (Wildman–Crippen LogP) is 2.87. The molecule has 0 aliphatic rings. The van der Waals surface area contributed by atoms with Crippen molar-refractivity contribution in [1.82, 2.24) is 15.8 Å². The average molecular weight is 489 g/mol. The number of ether oxygens (including phenoxy) is 2. The Morgan fingerprint density at radius 1 is 1.03 bits per heavy atom. The zero-order chi connectivity index (χ0) is 25.8. The Balaban J connectivity index is 2.05. The quantitative estimate of drug-likeness (QED) is 0.439. The first kappa shape index (κ1) is 27.1. The number of nitrogens with two attached hydrogens (primary N) is 1. The first-order valence-electron chi connectivity index (χ1n) is 10.9. The molecule has 2 aromatic carbocycles. The van der Waals surface area contributed by atoms with Crippen LogP contribution in [0.3, 0.4) is 0 Å². The summed E-state index contributed by atoms with van der Waals surface area (Å²) < 4.78 is 23.4. The summed E-state index contributed by atoms with van der Waals surface area (Å²) in [7, 11) is 0. The number of carbonyl (C=O) groups is 4. The molecule has 0 saturated heterocycles. The van der Waals surface area contributed by atoms with Crippen LogP contribution in [0, 0.1) is 11.7 Å². The van der Waals surface area contributed by atoms with Crippen molar-refractivity contribution >= 4 is 24.0 Å². The lowest BCUT2D eigenvalue weighted by Gasteiger charge is -2.26. The summed E-state index contributed by atoms with van der Waals surface area (Å²) in [5.41, 5.74) is 8.30. The normalized spacial score (nSPS) is 11.3. The summed E-state index contributed by atoms with van der Waals surface area (Å²) in [6.45, 7) is 3.43. The molecule has 0 radical (unpaired) electrons. The zero-order valence-electron chi connectivity index (χ0n) is 19.5. The van der Waals surface area contributed by atoms with Gasteiger partial charge in [0.25, 0.3) is 5.91 Å². The van der Waals surface area contributed by atoms with Gasteiger partial charge in [-0.25, -0.2) is 19.0 Å². The summed E-state index contributed by atoms with van der Waals surface area (Å²) in [4.78, 5) is 49.1. The molecule has 0 heterocycles. The molecule has 0 unspecified atom stereocenters. The molecule has 0 saturated carbocycles. The molecule has 2 rings (SSSR count). The van der Waals surface area contributed by atoms with Gasteiger partial charge in [-0.1, -0.05) is 44.2 Å². The van der Waals surface area contributed by atoms with Gasteiger partial charge < -0.3 is 20.5 Å². The van der Waals surface area contributed by atoms with Crippen molar-refractivity contribution in [3.8, 4) is 5.75 Å². The molecule has 0 spiro atoms. The van der Waals surface area contributed by atoms with Gasteiger partial charge >= 0.3 is 12.2 Å². The minimum atomic E-state index is -1.05. The van der Waals surface area contributed by atoms with Crippen molar-refractivity contribution in [2.45, 2.75) is 39.3 Å². The highest BCUT2D eigenvalue weighted by Crippen LogP contribution is 2.13. The molecule has 0 aromatic heterocycles. The third-order valence-corrected chi connectivity index (χ3v) is 4.59. The van der Waals surface area contributed by atoms with Crippen LogP contribution >= 0.6 is 0 Å². The molecule has 0 aliphatic heterocycles. The third kappa shape index (κ3) is 10.1. The van der Waals surface area contributed by atoms with Crippen LogP contribution in [-0.2, 0) is 20.9 Å². The highest BCUT2D eigenvalue weighted by Gasteiger charge is 2.27. The Hall–Kier alpha value is -4.15. The Morgan fingerprint density at radius 2 is 1.69 bits per heavy atom. The number of alkyl carbamates (subject to hydrolysis) is 1. The van der Waals surface area contributed by atoms with Gasteiger partial charge in [-0.3, -0.25) is 15.0 Å². The van der Waals surface area contributed by atoms with E-state index >= 15 is 0 Å². The van der Waals surface area contributed by atoms with Gasteiger partial charge in [-0.15, -0.1) is 0 Å². The fourth-order valence-electron chi connectivity index (χ4n) is 2.89. The number of primary amides is 1. The monoisotopic (exact) mass is 488 g/mol. The molecule has 0 bridgehead atoms. The van der Waals surface area contributed by atoms with Gasteiger partial charge in [0, 0.05) is 6.42 Å². The third-order valence-electron chi connectivity index (χ3n) is 4.59. The summed E-state index contributed by atoms with van der Waals surface area (Å²) in [5, 5.41) is 3.26.